The molecule has 0 atom stereocenters. The molecule has 0 aliphatic heterocycles. The number of benzene rings is 2. The summed E-state index contributed by atoms with van der Waals surface area (Å²) >= 11 is 0. The average molecular weight is 280 g/mol. The summed E-state index contributed by atoms with van der Waals surface area (Å²) in [6, 6.07) is 9.41. The molecule has 2 aromatic rings. The van der Waals surface area contributed by atoms with Gasteiger partial charge in [0.15, 0.2) is 0 Å². The van der Waals surface area contributed by atoms with Gasteiger partial charge in [-0.05, 0) is 41.8 Å². The van der Waals surface area contributed by atoms with Crippen molar-refractivity contribution in [2.24, 2.45) is 0 Å². The minimum Gasteiger partial charge on any atom is -0.478 e. The van der Waals surface area contributed by atoms with E-state index in [4.69, 9.17) is 5.11 Å². The van der Waals surface area contributed by atoms with Crippen molar-refractivity contribution in [2.45, 2.75) is 13.1 Å². The van der Waals surface area contributed by atoms with E-state index in [0.717, 1.165) is 12.1 Å². The molecule has 0 unspecified atom stereocenters. The van der Waals surface area contributed by atoms with E-state index in [1.165, 1.54) is 18.2 Å². The fourth-order valence-electron chi connectivity index (χ4n) is 1.88. The van der Waals surface area contributed by atoms with Crippen LogP contribution in [0.25, 0.3) is 11.1 Å². The van der Waals surface area contributed by atoms with Gasteiger partial charge in [0, 0.05) is 0 Å². The number of carboxylic acid groups (broad SMARTS) is 1. The molecular weight excluding hydrogens is 269 g/mol. The van der Waals surface area contributed by atoms with Crippen LogP contribution in [-0.2, 0) is 6.18 Å². The number of aryl methyl sites for hydroxylation is 1. The maximum absolute atomic E-state index is 12.5. The third-order valence-electron chi connectivity index (χ3n) is 3.01. The smallest absolute Gasteiger partial charge is 0.416 e. The fraction of sp³-hybridized carbons (Fsp3) is 0.133. The second-order valence-electron chi connectivity index (χ2n) is 4.41. The highest BCUT2D eigenvalue weighted by Crippen LogP contribution is 2.31. The lowest BCUT2D eigenvalue weighted by atomic mass is 9.99. The number of carbonyl (C=O) groups is 1. The molecule has 0 bridgehead atoms. The second-order valence-corrected chi connectivity index (χ2v) is 4.41. The molecular formula is C15H11F3O2. The van der Waals surface area contributed by atoms with Crippen LogP contribution in [0.4, 0.5) is 13.2 Å². The van der Waals surface area contributed by atoms with Crippen LogP contribution in [-0.4, -0.2) is 11.1 Å². The Kier molecular flexibility index (Phi) is 3.53. The van der Waals surface area contributed by atoms with E-state index in [1.54, 1.807) is 19.1 Å². The quantitative estimate of drug-likeness (QED) is 0.886. The third kappa shape index (κ3) is 2.82. The van der Waals surface area contributed by atoms with Crippen LogP contribution < -0.4 is 0 Å². The van der Waals surface area contributed by atoms with E-state index in [-0.39, 0.29) is 5.56 Å². The molecule has 5 heteroatoms. The summed E-state index contributed by atoms with van der Waals surface area (Å²) in [6.07, 6.45) is -4.38. The SMILES string of the molecule is Cc1ccc(-c2ccc(C(F)(F)F)cc2)cc1C(=O)O. The summed E-state index contributed by atoms with van der Waals surface area (Å²) in [4.78, 5) is 11.0. The van der Waals surface area contributed by atoms with Gasteiger partial charge >= 0.3 is 12.1 Å². The molecule has 2 aromatic carbocycles. The number of alkyl halides is 3. The molecule has 0 aliphatic carbocycles. The van der Waals surface area contributed by atoms with Crippen molar-refractivity contribution in [1.29, 1.82) is 0 Å². The van der Waals surface area contributed by atoms with Crippen LogP contribution in [0.3, 0.4) is 0 Å². The standard InChI is InChI=1S/C15H11F3O2/c1-9-2-3-11(8-13(9)14(19)20)10-4-6-12(7-5-10)15(16,17)18/h2-8H,1H3,(H,19,20). The van der Waals surface area contributed by atoms with Crippen LogP contribution >= 0.6 is 0 Å². The Hall–Kier alpha value is -2.30. The van der Waals surface area contributed by atoms with Crippen molar-refractivity contribution in [3.63, 3.8) is 0 Å². The molecule has 0 heterocycles. The van der Waals surface area contributed by atoms with E-state index in [1.807, 2.05) is 0 Å². The molecule has 1 N–H and O–H groups in total. The number of halogens is 3. The van der Waals surface area contributed by atoms with Gasteiger partial charge in [0.05, 0.1) is 11.1 Å². The lowest BCUT2D eigenvalue weighted by molar-refractivity contribution is -0.137. The summed E-state index contributed by atoms with van der Waals surface area (Å²) < 4.78 is 37.4. The number of rotatable bonds is 2. The molecule has 0 saturated heterocycles. The normalized spacial score (nSPS) is 11.4. The Morgan fingerprint density at radius 3 is 2.05 bits per heavy atom. The predicted octanol–water partition coefficient (Wildman–Crippen LogP) is 4.38. The van der Waals surface area contributed by atoms with E-state index >= 15 is 0 Å². The third-order valence-corrected chi connectivity index (χ3v) is 3.01. The van der Waals surface area contributed by atoms with Crippen molar-refractivity contribution in [1.82, 2.24) is 0 Å². The maximum atomic E-state index is 12.5. The van der Waals surface area contributed by atoms with E-state index in [9.17, 15) is 18.0 Å². The molecule has 20 heavy (non-hydrogen) atoms. The zero-order valence-electron chi connectivity index (χ0n) is 10.5. The van der Waals surface area contributed by atoms with E-state index in [0.29, 0.717) is 16.7 Å². The highest BCUT2D eigenvalue weighted by molar-refractivity contribution is 5.91. The van der Waals surface area contributed by atoms with Crippen LogP contribution in [0, 0.1) is 6.92 Å². The molecule has 0 amide bonds. The van der Waals surface area contributed by atoms with Gasteiger partial charge in [-0.25, -0.2) is 4.79 Å². The van der Waals surface area contributed by atoms with Crippen LogP contribution in [0.2, 0.25) is 0 Å². The molecule has 0 fully saturated rings. The molecule has 0 spiro atoms. The van der Waals surface area contributed by atoms with Crippen molar-refractivity contribution >= 4 is 5.97 Å². The van der Waals surface area contributed by atoms with Gasteiger partial charge in [0.2, 0.25) is 0 Å². The minimum atomic E-state index is -4.38. The van der Waals surface area contributed by atoms with Gasteiger partial charge in [-0.15, -0.1) is 0 Å². The first kappa shape index (κ1) is 14.1. The van der Waals surface area contributed by atoms with Gasteiger partial charge in [-0.1, -0.05) is 24.3 Å². The maximum Gasteiger partial charge on any atom is 0.416 e. The first-order valence-electron chi connectivity index (χ1n) is 5.80. The molecule has 0 saturated carbocycles. The molecule has 104 valence electrons. The Morgan fingerprint density at radius 1 is 1.00 bits per heavy atom. The first-order chi connectivity index (χ1) is 9.29. The topological polar surface area (TPSA) is 37.3 Å². The second kappa shape index (κ2) is 5.00. The van der Waals surface area contributed by atoms with Crippen molar-refractivity contribution in [3.05, 3.63) is 59.2 Å². The summed E-state index contributed by atoms with van der Waals surface area (Å²) in [7, 11) is 0. The largest absolute Gasteiger partial charge is 0.478 e. The first-order valence-corrected chi connectivity index (χ1v) is 5.80. The summed E-state index contributed by atoms with van der Waals surface area (Å²) in [5.41, 5.74) is 1.13. The Labute approximate surface area is 113 Å². The van der Waals surface area contributed by atoms with Crippen LogP contribution in [0.1, 0.15) is 21.5 Å². The lowest BCUT2D eigenvalue weighted by Crippen LogP contribution is -2.04. The Morgan fingerprint density at radius 2 is 1.55 bits per heavy atom. The van der Waals surface area contributed by atoms with E-state index < -0.39 is 17.7 Å². The molecule has 2 rings (SSSR count). The van der Waals surface area contributed by atoms with Gasteiger partial charge < -0.3 is 5.11 Å². The highest BCUT2D eigenvalue weighted by Gasteiger charge is 2.29. The summed E-state index contributed by atoms with van der Waals surface area (Å²) in [6.45, 7) is 1.67. The molecule has 2 nitrogen and oxygen atoms in total. The highest BCUT2D eigenvalue weighted by atomic mass is 19.4. The monoisotopic (exact) mass is 280 g/mol. The van der Waals surface area contributed by atoms with Crippen LogP contribution in [0.5, 0.6) is 0 Å². The number of aromatic carboxylic acids is 1. The van der Waals surface area contributed by atoms with Crippen LogP contribution in [0.15, 0.2) is 42.5 Å². The summed E-state index contributed by atoms with van der Waals surface area (Å²) in [5, 5.41) is 9.04. The average Bonchev–Trinajstić information content (AvgIpc) is 2.38. The van der Waals surface area contributed by atoms with Crippen molar-refractivity contribution in [3.8, 4) is 11.1 Å². The number of carboxylic acids is 1. The van der Waals surface area contributed by atoms with Crippen molar-refractivity contribution in [2.75, 3.05) is 0 Å². The van der Waals surface area contributed by atoms with E-state index in [2.05, 4.69) is 0 Å². The van der Waals surface area contributed by atoms with Crippen molar-refractivity contribution < 1.29 is 23.1 Å². The lowest BCUT2D eigenvalue weighted by Gasteiger charge is -2.09. The number of hydrogen-bond donors (Lipinski definition) is 1. The Bertz CT molecular complexity index is 643. The van der Waals surface area contributed by atoms with Gasteiger partial charge in [0.1, 0.15) is 0 Å². The molecule has 0 aliphatic rings. The zero-order chi connectivity index (χ0) is 14.9. The number of hydrogen-bond acceptors (Lipinski definition) is 1. The predicted molar refractivity (Wildman–Crippen MR) is 68.6 cm³/mol. The zero-order valence-corrected chi connectivity index (χ0v) is 10.5. The minimum absolute atomic E-state index is 0.141. The Balaban J connectivity index is 2.42. The molecule has 0 radical (unpaired) electrons. The van der Waals surface area contributed by atoms with Gasteiger partial charge in [-0.3, -0.25) is 0 Å². The fourth-order valence-corrected chi connectivity index (χ4v) is 1.88. The van der Waals surface area contributed by atoms with Gasteiger partial charge in [0.25, 0.3) is 0 Å². The molecule has 0 aromatic heterocycles. The summed E-state index contributed by atoms with van der Waals surface area (Å²) in [5.74, 6) is -1.06. The van der Waals surface area contributed by atoms with Gasteiger partial charge in [-0.2, -0.15) is 13.2 Å².